The van der Waals surface area contributed by atoms with Crippen LogP contribution in [0.15, 0.2) is 24.3 Å². The fraction of sp³-hybridized carbons (Fsp3) is 0.462. The van der Waals surface area contributed by atoms with Crippen molar-refractivity contribution in [1.29, 1.82) is 0 Å². The molecule has 2 unspecified atom stereocenters. The van der Waals surface area contributed by atoms with Crippen LogP contribution in [0.5, 0.6) is 0 Å². The highest BCUT2D eigenvalue weighted by Crippen LogP contribution is 2.18. The Balaban J connectivity index is 2.10. The van der Waals surface area contributed by atoms with Crippen LogP contribution in [-0.2, 0) is 11.2 Å². The molecule has 0 spiro atoms. The van der Waals surface area contributed by atoms with E-state index in [-0.39, 0.29) is 5.50 Å². The molecule has 1 aliphatic rings. The molecule has 1 saturated heterocycles. The van der Waals surface area contributed by atoms with Crippen molar-refractivity contribution in [1.82, 2.24) is 4.90 Å². The molecule has 1 heterocycles. The molecule has 2 atom stereocenters. The monoisotopic (exact) mass is 284 g/mol. The number of hydrogen-bond acceptors (Lipinski definition) is 4. The van der Waals surface area contributed by atoms with Crippen molar-refractivity contribution in [3.05, 3.63) is 35.4 Å². The predicted molar refractivity (Wildman–Crippen MR) is 71.8 cm³/mol. The molecule has 1 fully saturated rings. The van der Waals surface area contributed by atoms with Crippen LogP contribution in [0.1, 0.15) is 15.9 Å². The first-order valence-corrected chi connectivity index (χ1v) is 6.56. The lowest BCUT2D eigenvalue weighted by molar-refractivity contribution is -0.0704. The van der Waals surface area contributed by atoms with Gasteiger partial charge in [0.1, 0.15) is 11.7 Å². The minimum Gasteiger partial charge on any atom is -0.378 e. The lowest BCUT2D eigenvalue weighted by Crippen LogP contribution is -2.49. The number of primary amides is 1. The largest absolute Gasteiger partial charge is 0.378 e. The van der Waals surface area contributed by atoms with Crippen molar-refractivity contribution < 1.29 is 14.6 Å². The lowest BCUT2D eigenvalue weighted by Gasteiger charge is -2.35. The molecule has 6 heteroatoms. The zero-order chi connectivity index (χ0) is 13.8. The van der Waals surface area contributed by atoms with E-state index in [1.54, 1.807) is 23.1 Å². The number of morpholine rings is 1. The van der Waals surface area contributed by atoms with Crippen LogP contribution in [0.4, 0.5) is 0 Å². The highest BCUT2D eigenvalue weighted by atomic mass is 35.5. The third kappa shape index (κ3) is 3.45. The topological polar surface area (TPSA) is 75.8 Å². The molecule has 0 radical (unpaired) electrons. The summed E-state index contributed by atoms with van der Waals surface area (Å²) in [4.78, 5) is 13.1. The summed E-state index contributed by atoms with van der Waals surface area (Å²) in [5.74, 6) is -0.493. The van der Waals surface area contributed by atoms with Crippen molar-refractivity contribution in [3.63, 3.8) is 0 Å². The number of carbonyl (C=O) groups excluding carboxylic acids is 1. The number of carbonyl (C=O) groups is 1. The second-order valence-electron chi connectivity index (χ2n) is 4.45. The van der Waals surface area contributed by atoms with Crippen LogP contribution in [0, 0.1) is 0 Å². The van der Waals surface area contributed by atoms with E-state index < -0.39 is 12.1 Å². The lowest BCUT2D eigenvalue weighted by atomic mass is 10.0. The second kappa shape index (κ2) is 6.34. The normalized spacial score (nSPS) is 22.1. The third-order valence-electron chi connectivity index (χ3n) is 3.18. The van der Waals surface area contributed by atoms with Gasteiger partial charge in [-0.15, -0.1) is 11.6 Å². The number of rotatable bonds is 4. The van der Waals surface area contributed by atoms with Gasteiger partial charge in [0.05, 0.1) is 13.2 Å². The molecule has 2 rings (SSSR count). The number of ether oxygens (including phenoxy) is 1. The van der Waals surface area contributed by atoms with Crippen LogP contribution >= 0.6 is 11.6 Å². The van der Waals surface area contributed by atoms with Crippen molar-refractivity contribution in [2.45, 2.75) is 18.1 Å². The summed E-state index contributed by atoms with van der Waals surface area (Å²) in [6, 6.07) is 7.00. The van der Waals surface area contributed by atoms with Gasteiger partial charge in [0.2, 0.25) is 5.91 Å². The Morgan fingerprint density at radius 3 is 3.00 bits per heavy atom. The minimum absolute atomic E-state index is 0.308. The van der Waals surface area contributed by atoms with E-state index in [1.165, 1.54) is 0 Å². The smallest absolute Gasteiger partial charge is 0.248 e. The zero-order valence-corrected chi connectivity index (χ0v) is 11.2. The maximum absolute atomic E-state index is 11.3. The summed E-state index contributed by atoms with van der Waals surface area (Å²) in [6.45, 7) is 1.49. The molecule has 104 valence electrons. The first-order chi connectivity index (χ1) is 9.09. The van der Waals surface area contributed by atoms with Crippen LogP contribution in [-0.4, -0.2) is 47.4 Å². The van der Waals surface area contributed by atoms with Crippen LogP contribution in [0.3, 0.4) is 0 Å². The van der Waals surface area contributed by atoms with Crippen molar-refractivity contribution in [2.24, 2.45) is 5.73 Å². The van der Waals surface area contributed by atoms with Gasteiger partial charge in [0.25, 0.3) is 0 Å². The maximum Gasteiger partial charge on any atom is 0.248 e. The van der Waals surface area contributed by atoms with Crippen molar-refractivity contribution in [2.75, 3.05) is 19.8 Å². The van der Waals surface area contributed by atoms with E-state index in [0.717, 1.165) is 5.56 Å². The molecular weight excluding hydrogens is 268 g/mol. The number of aliphatic hydroxyl groups excluding tert-OH is 1. The fourth-order valence-corrected chi connectivity index (χ4v) is 2.49. The van der Waals surface area contributed by atoms with Gasteiger partial charge in [-0.2, -0.15) is 0 Å². The number of amides is 1. The Morgan fingerprint density at radius 1 is 1.58 bits per heavy atom. The zero-order valence-electron chi connectivity index (χ0n) is 10.5. The predicted octanol–water partition coefficient (Wildman–Crippen LogP) is 0.544. The Hall–Kier alpha value is -1.14. The number of benzene rings is 1. The molecule has 0 saturated carbocycles. The summed E-state index contributed by atoms with van der Waals surface area (Å²) in [6.07, 6.45) is -0.450. The van der Waals surface area contributed by atoms with E-state index in [0.29, 0.717) is 31.7 Å². The highest BCUT2D eigenvalue weighted by Gasteiger charge is 2.27. The minimum atomic E-state index is -0.758. The number of hydrogen-bond donors (Lipinski definition) is 2. The number of nitrogens with two attached hydrogens (primary N) is 1. The van der Waals surface area contributed by atoms with Crippen molar-refractivity contribution in [3.8, 4) is 0 Å². The van der Waals surface area contributed by atoms with E-state index in [1.807, 2.05) is 6.07 Å². The molecule has 1 amide bonds. The Bertz CT molecular complexity index is 455. The highest BCUT2D eigenvalue weighted by molar-refractivity contribution is 6.20. The Labute approximate surface area is 116 Å². The second-order valence-corrected chi connectivity index (χ2v) is 4.96. The molecule has 0 bridgehead atoms. The molecule has 1 aromatic carbocycles. The van der Waals surface area contributed by atoms with Gasteiger partial charge in [-0.25, -0.2) is 0 Å². The van der Waals surface area contributed by atoms with E-state index >= 15 is 0 Å². The number of halogens is 1. The van der Waals surface area contributed by atoms with Gasteiger partial charge in [0, 0.05) is 18.5 Å². The van der Waals surface area contributed by atoms with Gasteiger partial charge in [-0.05, 0) is 11.6 Å². The Kier molecular flexibility index (Phi) is 4.76. The van der Waals surface area contributed by atoms with E-state index in [4.69, 9.17) is 22.1 Å². The first kappa shape index (κ1) is 14.3. The fourth-order valence-electron chi connectivity index (χ4n) is 2.17. The average molecular weight is 285 g/mol. The molecule has 0 aromatic heterocycles. The van der Waals surface area contributed by atoms with E-state index in [9.17, 15) is 9.90 Å². The number of aliphatic hydroxyl groups is 1. The summed E-state index contributed by atoms with van der Waals surface area (Å²) in [5, 5.41) is 10.2. The van der Waals surface area contributed by atoms with Crippen LogP contribution < -0.4 is 5.73 Å². The average Bonchev–Trinajstić information content (AvgIpc) is 2.39. The molecule has 19 heavy (non-hydrogen) atoms. The van der Waals surface area contributed by atoms with Crippen LogP contribution in [0.25, 0.3) is 0 Å². The third-order valence-corrected chi connectivity index (χ3v) is 3.55. The van der Waals surface area contributed by atoms with Gasteiger partial charge < -0.3 is 15.6 Å². The van der Waals surface area contributed by atoms with E-state index in [2.05, 4.69) is 0 Å². The molecular formula is C13H17ClN2O3. The van der Waals surface area contributed by atoms with Gasteiger partial charge >= 0.3 is 0 Å². The molecule has 1 aliphatic heterocycles. The maximum atomic E-state index is 11.3. The quantitative estimate of drug-likeness (QED) is 0.625. The first-order valence-electron chi connectivity index (χ1n) is 6.13. The molecule has 1 aromatic rings. The standard InChI is InChI=1S/C13H17ClN2O3/c14-11-8-19-6-5-16(11)12(17)7-9-3-1-2-4-10(9)13(15)18/h1-4,11-12,17H,5-8H2,(H2,15,18). The van der Waals surface area contributed by atoms with Crippen LogP contribution in [0.2, 0.25) is 0 Å². The summed E-state index contributed by atoms with van der Waals surface area (Å²) in [7, 11) is 0. The molecule has 3 N–H and O–H groups in total. The summed E-state index contributed by atoms with van der Waals surface area (Å²) in [5.41, 5.74) is 6.11. The Morgan fingerprint density at radius 2 is 2.32 bits per heavy atom. The van der Waals surface area contributed by atoms with Gasteiger partial charge in [-0.1, -0.05) is 18.2 Å². The van der Waals surface area contributed by atoms with Gasteiger partial charge in [-0.3, -0.25) is 9.69 Å². The molecule has 0 aliphatic carbocycles. The summed E-state index contributed by atoms with van der Waals surface area (Å²) >= 11 is 6.10. The van der Waals surface area contributed by atoms with Gasteiger partial charge in [0.15, 0.2) is 0 Å². The number of alkyl halides is 1. The molecule has 5 nitrogen and oxygen atoms in total. The summed E-state index contributed by atoms with van der Waals surface area (Å²) < 4.78 is 5.22. The SMILES string of the molecule is NC(=O)c1ccccc1CC(O)N1CCOCC1Cl. The van der Waals surface area contributed by atoms with Crippen molar-refractivity contribution >= 4 is 17.5 Å². The number of nitrogens with zero attached hydrogens (tertiary/aromatic N) is 1.